The Bertz CT molecular complexity index is 759. The highest BCUT2D eigenvalue weighted by Crippen LogP contribution is 2.27. The number of benzene rings is 1. The zero-order valence-corrected chi connectivity index (χ0v) is 13.5. The molecule has 0 bridgehead atoms. The summed E-state index contributed by atoms with van der Waals surface area (Å²) in [6.07, 6.45) is 0.797. The van der Waals surface area contributed by atoms with Crippen LogP contribution < -0.4 is 4.90 Å². The number of anilines is 1. The molecule has 5 nitrogen and oxygen atoms in total. The van der Waals surface area contributed by atoms with Crippen LogP contribution in [0.4, 0.5) is 5.69 Å². The predicted molar refractivity (Wildman–Crippen MR) is 87.0 cm³/mol. The zero-order chi connectivity index (χ0) is 16.4. The maximum atomic E-state index is 12.3. The van der Waals surface area contributed by atoms with Gasteiger partial charge in [0, 0.05) is 12.2 Å². The van der Waals surface area contributed by atoms with Crippen LogP contribution in [0, 0.1) is 0 Å². The number of pyridine rings is 1. The SMILES string of the molecule is O=C(OCC(=O)N1CCc2ccccc21)c1cc(Cl)nc(Cl)c1. The number of fused-ring (bicyclic) bond motifs is 1. The maximum Gasteiger partial charge on any atom is 0.338 e. The van der Waals surface area contributed by atoms with E-state index in [9.17, 15) is 9.59 Å². The molecule has 0 spiro atoms. The first kappa shape index (κ1) is 15.8. The van der Waals surface area contributed by atoms with Crippen molar-refractivity contribution in [3.8, 4) is 0 Å². The first-order valence-electron chi connectivity index (χ1n) is 6.93. The van der Waals surface area contributed by atoms with Gasteiger partial charge >= 0.3 is 5.97 Å². The van der Waals surface area contributed by atoms with Crippen LogP contribution in [0.15, 0.2) is 36.4 Å². The van der Waals surface area contributed by atoms with Gasteiger partial charge in [0.05, 0.1) is 5.56 Å². The highest BCUT2D eigenvalue weighted by atomic mass is 35.5. The van der Waals surface area contributed by atoms with Crippen molar-refractivity contribution < 1.29 is 14.3 Å². The molecule has 1 amide bonds. The monoisotopic (exact) mass is 350 g/mol. The van der Waals surface area contributed by atoms with E-state index in [1.807, 2.05) is 24.3 Å². The Hall–Kier alpha value is -2.11. The van der Waals surface area contributed by atoms with Crippen LogP contribution in [-0.4, -0.2) is 30.0 Å². The smallest absolute Gasteiger partial charge is 0.338 e. The summed E-state index contributed by atoms with van der Waals surface area (Å²) in [6.45, 7) is 0.243. The highest BCUT2D eigenvalue weighted by molar-refractivity contribution is 6.32. The molecule has 23 heavy (non-hydrogen) atoms. The number of aromatic nitrogens is 1. The summed E-state index contributed by atoms with van der Waals surface area (Å²) in [7, 11) is 0. The van der Waals surface area contributed by atoms with Crippen molar-refractivity contribution in [3.63, 3.8) is 0 Å². The molecular weight excluding hydrogens is 339 g/mol. The molecule has 3 rings (SSSR count). The molecule has 0 aliphatic carbocycles. The van der Waals surface area contributed by atoms with Gasteiger partial charge in [-0.05, 0) is 30.2 Å². The first-order valence-corrected chi connectivity index (χ1v) is 7.68. The number of carbonyl (C=O) groups excluding carboxylic acids is 2. The van der Waals surface area contributed by atoms with Crippen molar-refractivity contribution in [1.29, 1.82) is 0 Å². The van der Waals surface area contributed by atoms with Crippen molar-refractivity contribution in [2.24, 2.45) is 0 Å². The van der Waals surface area contributed by atoms with E-state index in [-0.39, 0.29) is 28.4 Å². The van der Waals surface area contributed by atoms with Crippen LogP contribution in [0.1, 0.15) is 15.9 Å². The fourth-order valence-electron chi connectivity index (χ4n) is 2.47. The number of rotatable bonds is 3. The van der Waals surface area contributed by atoms with Gasteiger partial charge in [0.1, 0.15) is 10.3 Å². The van der Waals surface area contributed by atoms with Crippen LogP contribution >= 0.6 is 23.2 Å². The second-order valence-corrected chi connectivity index (χ2v) is 5.78. The Morgan fingerprint density at radius 3 is 2.61 bits per heavy atom. The molecule has 118 valence electrons. The number of amides is 1. The maximum absolute atomic E-state index is 12.3. The van der Waals surface area contributed by atoms with Gasteiger partial charge in [0.2, 0.25) is 0 Å². The van der Waals surface area contributed by atoms with Gasteiger partial charge in [0.15, 0.2) is 6.61 Å². The average Bonchev–Trinajstić information content (AvgIpc) is 2.95. The van der Waals surface area contributed by atoms with Crippen LogP contribution in [-0.2, 0) is 16.0 Å². The topological polar surface area (TPSA) is 59.5 Å². The third-order valence-corrected chi connectivity index (χ3v) is 3.90. The van der Waals surface area contributed by atoms with E-state index in [2.05, 4.69) is 4.98 Å². The van der Waals surface area contributed by atoms with Gasteiger partial charge in [-0.25, -0.2) is 9.78 Å². The molecule has 7 heteroatoms. The number of carbonyl (C=O) groups is 2. The lowest BCUT2D eigenvalue weighted by Gasteiger charge is -2.17. The van der Waals surface area contributed by atoms with Crippen molar-refractivity contribution in [2.45, 2.75) is 6.42 Å². The number of esters is 1. The normalized spacial score (nSPS) is 12.9. The number of hydrogen-bond acceptors (Lipinski definition) is 4. The van der Waals surface area contributed by atoms with E-state index in [0.717, 1.165) is 17.7 Å². The molecule has 0 unspecified atom stereocenters. The van der Waals surface area contributed by atoms with E-state index >= 15 is 0 Å². The Morgan fingerprint density at radius 2 is 1.87 bits per heavy atom. The van der Waals surface area contributed by atoms with Gasteiger partial charge in [-0.3, -0.25) is 4.79 Å². The van der Waals surface area contributed by atoms with Gasteiger partial charge < -0.3 is 9.64 Å². The van der Waals surface area contributed by atoms with Crippen molar-refractivity contribution >= 4 is 40.8 Å². The van der Waals surface area contributed by atoms with E-state index in [1.54, 1.807) is 4.90 Å². The number of para-hydroxylation sites is 1. The molecular formula is C16H12Cl2N2O3. The molecule has 1 aromatic heterocycles. The lowest BCUT2D eigenvalue weighted by atomic mass is 10.2. The van der Waals surface area contributed by atoms with Gasteiger partial charge in [-0.15, -0.1) is 0 Å². The fourth-order valence-corrected chi connectivity index (χ4v) is 2.93. The van der Waals surface area contributed by atoms with Crippen LogP contribution in [0.2, 0.25) is 10.3 Å². The standard InChI is InChI=1S/C16H12Cl2N2O3/c17-13-7-11(8-14(18)19-13)16(22)23-9-15(21)20-6-5-10-3-1-2-4-12(10)20/h1-4,7-8H,5-6,9H2. The van der Waals surface area contributed by atoms with Crippen LogP contribution in [0.5, 0.6) is 0 Å². The molecule has 1 aliphatic rings. The van der Waals surface area contributed by atoms with Crippen LogP contribution in [0.3, 0.4) is 0 Å². The Morgan fingerprint density at radius 1 is 1.17 bits per heavy atom. The second kappa shape index (κ2) is 6.56. The largest absolute Gasteiger partial charge is 0.452 e. The predicted octanol–water partition coefficient (Wildman–Crippen LogP) is 3.13. The van der Waals surface area contributed by atoms with Crippen molar-refractivity contribution in [2.75, 3.05) is 18.1 Å². The summed E-state index contributed by atoms with van der Waals surface area (Å²) < 4.78 is 5.05. The minimum absolute atomic E-state index is 0.0873. The van der Waals surface area contributed by atoms with E-state index in [0.29, 0.717) is 6.54 Å². The Labute approximate surface area is 142 Å². The van der Waals surface area contributed by atoms with E-state index < -0.39 is 5.97 Å². The molecule has 0 fully saturated rings. The zero-order valence-electron chi connectivity index (χ0n) is 12.0. The summed E-state index contributed by atoms with van der Waals surface area (Å²) in [6, 6.07) is 10.3. The van der Waals surface area contributed by atoms with Gasteiger partial charge in [0.25, 0.3) is 5.91 Å². The van der Waals surface area contributed by atoms with Crippen molar-refractivity contribution in [1.82, 2.24) is 4.98 Å². The Balaban J connectivity index is 1.64. The molecule has 0 saturated heterocycles. The second-order valence-electron chi connectivity index (χ2n) is 5.00. The number of nitrogens with zero attached hydrogens (tertiary/aromatic N) is 2. The quantitative estimate of drug-likeness (QED) is 0.630. The molecule has 1 aliphatic heterocycles. The molecule has 0 saturated carbocycles. The summed E-state index contributed by atoms with van der Waals surface area (Å²) in [5.74, 6) is -0.938. The Kier molecular flexibility index (Phi) is 4.50. The molecule has 0 atom stereocenters. The van der Waals surface area contributed by atoms with Gasteiger partial charge in [-0.2, -0.15) is 0 Å². The molecule has 2 aromatic rings. The highest BCUT2D eigenvalue weighted by Gasteiger charge is 2.25. The number of halogens is 2. The molecule has 0 radical (unpaired) electrons. The summed E-state index contributed by atoms with van der Waals surface area (Å²) in [5, 5.41) is 0.175. The summed E-state index contributed by atoms with van der Waals surface area (Å²) in [4.78, 5) is 29.6. The number of hydrogen-bond donors (Lipinski definition) is 0. The average molecular weight is 351 g/mol. The molecule has 1 aromatic carbocycles. The minimum atomic E-state index is -0.669. The third-order valence-electron chi connectivity index (χ3n) is 3.51. The van der Waals surface area contributed by atoms with Crippen molar-refractivity contribution in [3.05, 3.63) is 57.8 Å². The fraction of sp³-hybridized carbons (Fsp3) is 0.188. The lowest BCUT2D eigenvalue weighted by molar-refractivity contribution is -0.121. The molecule has 2 heterocycles. The summed E-state index contributed by atoms with van der Waals surface area (Å²) >= 11 is 11.5. The molecule has 0 N–H and O–H groups in total. The number of ether oxygens (including phenoxy) is 1. The summed E-state index contributed by atoms with van der Waals surface area (Å²) in [5.41, 5.74) is 2.13. The third kappa shape index (κ3) is 3.46. The van der Waals surface area contributed by atoms with E-state index in [1.165, 1.54) is 12.1 Å². The first-order chi connectivity index (χ1) is 11.0. The lowest BCUT2D eigenvalue weighted by Crippen LogP contribution is -2.33. The van der Waals surface area contributed by atoms with Gasteiger partial charge in [-0.1, -0.05) is 41.4 Å². The van der Waals surface area contributed by atoms with E-state index in [4.69, 9.17) is 27.9 Å². The van der Waals surface area contributed by atoms with Crippen LogP contribution in [0.25, 0.3) is 0 Å². The minimum Gasteiger partial charge on any atom is -0.452 e.